The van der Waals surface area contributed by atoms with E-state index in [4.69, 9.17) is 4.74 Å². The first-order valence-electron chi connectivity index (χ1n) is 9.98. The summed E-state index contributed by atoms with van der Waals surface area (Å²) in [6.45, 7) is 2.49. The number of likely N-dealkylation sites (N-methyl/N-ethyl adjacent to an activating group) is 1. The average molecular weight is 409 g/mol. The molecular weight excluding hydrogens is 382 g/mol. The molecular formula is C23H27N3O4. The second-order valence-corrected chi connectivity index (χ2v) is 7.30. The van der Waals surface area contributed by atoms with E-state index in [0.717, 1.165) is 16.8 Å². The molecule has 7 nitrogen and oxygen atoms in total. The van der Waals surface area contributed by atoms with Crippen molar-refractivity contribution in [1.29, 1.82) is 0 Å². The third-order valence-electron chi connectivity index (χ3n) is 5.30. The van der Waals surface area contributed by atoms with E-state index >= 15 is 0 Å². The Balaban J connectivity index is 1.83. The molecule has 2 aromatic carbocycles. The van der Waals surface area contributed by atoms with Crippen molar-refractivity contribution in [2.75, 3.05) is 32.2 Å². The number of para-hydroxylation sites is 1. The van der Waals surface area contributed by atoms with Crippen LogP contribution in [0.15, 0.2) is 48.5 Å². The summed E-state index contributed by atoms with van der Waals surface area (Å²) in [5.41, 5.74) is 3.29. The van der Waals surface area contributed by atoms with Gasteiger partial charge < -0.3 is 20.3 Å². The van der Waals surface area contributed by atoms with Crippen LogP contribution in [0.3, 0.4) is 0 Å². The smallest absolute Gasteiger partial charge is 0.253 e. The number of carbonyl (C=O) groups is 3. The van der Waals surface area contributed by atoms with Gasteiger partial charge in [-0.1, -0.05) is 42.5 Å². The monoisotopic (exact) mass is 409 g/mol. The molecule has 1 heterocycles. The van der Waals surface area contributed by atoms with Crippen LogP contribution in [0.1, 0.15) is 24.9 Å². The Morgan fingerprint density at radius 2 is 1.73 bits per heavy atom. The number of benzene rings is 2. The quantitative estimate of drug-likeness (QED) is 0.543. The first kappa shape index (κ1) is 21.5. The van der Waals surface area contributed by atoms with E-state index in [1.807, 2.05) is 48.5 Å². The van der Waals surface area contributed by atoms with Gasteiger partial charge in [0.05, 0.1) is 5.69 Å². The highest BCUT2D eigenvalue weighted by atomic mass is 16.5. The molecule has 3 rings (SSSR count). The Morgan fingerprint density at radius 3 is 2.47 bits per heavy atom. The zero-order valence-electron chi connectivity index (χ0n) is 17.5. The van der Waals surface area contributed by atoms with E-state index in [9.17, 15) is 14.4 Å². The molecule has 2 aromatic rings. The molecule has 158 valence electrons. The molecule has 0 radical (unpaired) electrons. The zero-order chi connectivity index (χ0) is 21.7. The second-order valence-electron chi connectivity index (χ2n) is 7.30. The van der Waals surface area contributed by atoms with Crippen LogP contribution in [0.25, 0.3) is 11.1 Å². The fourth-order valence-electron chi connectivity index (χ4n) is 3.54. The van der Waals surface area contributed by atoms with Crippen LogP contribution < -0.4 is 15.5 Å². The minimum atomic E-state index is -0.927. The lowest BCUT2D eigenvalue weighted by atomic mass is 9.95. The summed E-state index contributed by atoms with van der Waals surface area (Å²) < 4.78 is 4.95. The lowest BCUT2D eigenvalue weighted by molar-refractivity contribution is -0.136. The van der Waals surface area contributed by atoms with Gasteiger partial charge in [0, 0.05) is 32.9 Å². The molecule has 2 unspecified atom stereocenters. The Hall–Kier alpha value is -3.19. The second kappa shape index (κ2) is 9.54. The van der Waals surface area contributed by atoms with Crippen molar-refractivity contribution in [3.05, 3.63) is 54.1 Å². The molecule has 0 saturated heterocycles. The van der Waals surface area contributed by atoms with E-state index in [1.54, 1.807) is 19.1 Å². The molecule has 1 aliphatic heterocycles. The third-order valence-corrected chi connectivity index (χ3v) is 5.30. The number of rotatable bonds is 7. The van der Waals surface area contributed by atoms with Crippen LogP contribution in [-0.4, -0.2) is 45.0 Å². The number of carbonyl (C=O) groups excluding carboxylic acids is 3. The fourth-order valence-corrected chi connectivity index (χ4v) is 3.54. The molecule has 2 N–H and O–H groups in total. The number of nitrogens with one attached hydrogen (secondary N) is 2. The van der Waals surface area contributed by atoms with Crippen LogP contribution in [0.4, 0.5) is 5.69 Å². The van der Waals surface area contributed by atoms with Crippen molar-refractivity contribution in [1.82, 2.24) is 10.6 Å². The summed E-state index contributed by atoms with van der Waals surface area (Å²) in [7, 11) is 3.28. The Morgan fingerprint density at radius 1 is 1.07 bits per heavy atom. The number of ether oxygens (including phenoxy) is 1. The van der Waals surface area contributed by atoms with Crippen molar-refractivity contribution in [3.8, 4) is 11.1 Å². The number of anilines is 1. The Kier molecular flexibility index (Phi) is 6.84. The minimum absolute atomic E-state index is 0.256. The molecule has 7 heteroatoms. The zero-order valence-corrected chi connectivity index (χ0v) is 17.5. The summed E-state index contributed by atoms with van der Waals surface area (Å²) in [5, 5.41) is 5.52. The number of hydrogen-bond donors (Lipinski definition) is 2. The largest absolute Gasteiger partial charge is 0.385 e. The maximum absolute atomic E-state index is 13.2. The summed E-state index contributed by atoms with van der Waals surface area (Å²) in [5.74, 6) is -2.06. The SMILES string of the molecule is COCCCNC(=O)C(C)C(=O)NC1C(=O)N(C)c2ccccc2-c2ccccc21. The topological polar surface area (TPSA) is 87.7 Å². The highest BCUT2D eigenvalue weighted by Crippen LogP contribution is 2.39. The van der Waals surface area contributed by atoms with E-state index in [2.05, 4.69) is 10.6 Å². The maximum Gasteiger partial charge on any atom is 0.253 e. The van der Waals surface area contributed by atoms with Crippen molar-refractivity contribution in [2.45, 2.75) is 19.4 Å². The highest BCUT2D eigenvalue weighted by molar-refractivity contribution is 6.07. The normalized spacial score (nSPS) is 16.2. The number of fused-ring (bicyclic) bond motifs is 3. The highest BCUT2D eigenvalue weighted by Gasteiger charge is 2.34. The lowest BCUT2D eigenvalue weighted by Crippen LogP contribution is -2.45. The number of hydrogen-bond acceptors (Lipinski definition) is 4. The van der Waals surface area contributed by atoms with E-state index < -0.39 is 17.9 Å². The van der Waals surface area contributed by atoms with Crippen LogP contribution in [0, 0.1) is 5.92 Å². The number of amides is 3. The molecule has 30 heavy (non-hydrogen) atoms. The molecule has 0 fully saturated rings. The predicted molar refractivity (Wildman–Crippen MR) is 115 cm³/mol. The molecule has 0 spiro atoms. The van der Waals surface area contributed by atoms with Gasteiger partial charge in [0.15, 0.2) is 0 Å². The van der Waals surface area contributed by atoms with Gasteiger partial charge in [0.1, 0.15) is 12.0 Å². The fraction of sp³-hybridized carbons (Fsp3) is 0.348. The summed E-state index contributed by atoms with van der Waals surface area (Å²) in [6, 6.07) is 14.3. The van der Waals surface area contributed by atoms with Gasteiger partial charge in [0.2, 0.25) is 11.8 Å². The summed E-state index contributed by atoms with van der Waals surface area (Å²) >= 11 is 0. The van der Waals surface area contributed by atoms with Gasteiger partial charge in [0.25, 0.3) is 5.91 Å². The van der Waals surface area contributed by atoms with E-state index in [0.29, 0.717) is 25.1 Å². The van der Waals surface area contributed by atoms with E-state index in [1.165, 1.54) is 6.92 Å². The number of methoxy groups -OCH3 is 1. The Bertz CT molecular complexity index is 944. The predicted octanol–water partition coefficient (Wildman–Crippen LogP) is 2.28. The molecule has 0 bridgehead atoms. The maximum atomic E-state index is 13.2. The van der Waals surface area contributed by atoms with Crippen LogP contribution in [0.2, 0.25) is 0 Å². The van der Waals surface area contributed by atoms with Gasteiger partial charge >= 0.3 is 0 Å². The van der Waals surface area contributed by atoms with Crippen molar-refractivity contribution >= 4 is 23.4 Å². The van der Waals surface area contributed by atoms with Crippen molar-refractivity contribution in [2.24, 2.45) is 5.92 Å². The molecule has 3 amide bonds. The molecule has 2 atom stereocenters. The standard InChI is InChI=1S/C23H27N3O4/c1-15(21(27)24-13-8-14-30-3)22(28)25-20-18-11-5-4-9-16(18)17-10-6-7-12-19(17)26(2)23(20)29/h4-7,9-12,15,20H,8,13-14H2,1-3H3,(H,24,27)(H,25,28). The first-order valence-corrected chi connectivity index (χ1v) is 9.98. The molecule has 1 aliphatic rings. The lowest BCUT2D eigenvalue weighted by Gasteiger charge is -2.24. The van der Waals surface area contributed by atoms with Gasteiger partial charge in [-0.25, -0.2) is 0 Å². The number of nitrogens with zero attached hydrogens (tertiary/aromatic N) is 1. The van der Waals surface area contributed by atoms with Crippen LogP contribution in [-0.2, 0) is 19.1 Å². The first-order chi connectivity index (χ1) is 14.5. The molecule has 0 saturated carbocycles. The summed E-state index contributed by atoms with van der Waals surface area (Å²) in [6.07, 6.45) is 0.661. The molecule has 0 aromatic heterocycles. The van der Waals surface area contributed by atoms with Crippen LogP contribution >= 0.6 is 0 Å². The van der Waals surface area contributed by atoms with Gasteiger partial charge in [-0.3, -0.25) is 14.4 Å². The van der Waals surface area contributed by atoms with Gasteiger partial charge in [-0.15, -0.1) is 0 Å². The van der Waals surface area contributed by atoms with Crippen LogP contribution in [0.5, 0.6) is 0 Å². The minimum Gasteiger partial charge on any atom is -0.385 e. The summed E-state index contributed by atoms with van der Waals surface area (Å²) in [4.78, 5) is 39.9. The van der Waals surface area contributed by atoms with Gasteiger partial charge in [-0.05, 0) is 30.5 Å². The van der Waals surface area contributed by atoms with Crippen molar-refractivity contribution in [3.63, 3.8) is 0 Å². The van der Waals surface area contributed by atoms with Crippen molar-refractivity contribution < 1.29 is 19.1 Å². The average Bonchev–Trinajstić information content (AvgIpc) is 2.86. The molecule has 0 aliphatic carbocycles. The third kappa shape index (κ3) is 4.36. The van der Waals surface area contributed by atoms with E-state index in [-0.39, 0.29) is 11.8 Å². The van der Waals surface area contributed by atoms with Gasteiger partial charge in [-0.2, -0.15) is 0 Å². The Labute approximate surface area is 176 Å².